The predicted molar refractivity (Wildman–Crippen MR) is 75.8 cm³/mol. The summed E-state index contributed by atoms with van der Waals surface area (Å²) in [6.07, 6.45) is 3.39. The molecule has 2 unspecified atom stereocenters. The molecular weight excluding hydrogens is 278 g/mol. The van der Waals surface area contributed by atoms with Gasteiger partial charge in [-0.3, -0.25) is 9.59 Å². The third-order valence-electron chi connectivity index (χ3n) is 4.39. The Labute approximate surface area is 122 Å². The summed E-state index contributed by atoms with van der Waals surface area (Å²) in [4.78, 5) is 25.0. The average Bonchev–Trinajstić information content (AvgIpc) is 2.89. The van der Waals surface area contributed by atoms with Gasteiger partial charge in [0.1, 0.15) is 6.54 Å². The van der Waals surface area contributed by atoms with Crippen LogP contribution < -0.4 is 4.90 Å². The summed E-state index contributed by atoms with van der Waals surface area (Å²) < 4.78 is 0. The van der Waals surface area contributed by atoms with Crippen molar-refractivity contribution in [3.05, 3.63) is 29.3 Å². The number of rotatable bonds is 4. The SMILES string of the molecule is O=C(O)CN(C(=O)C1C2CCCC21)c1ccc(Cl)cc1. The minimum atomic E-state index is -1.00. The number of halogens is 1. The molecule has 106 valence electrons. The van der Waals surface area contributed by atoms with Gasteiger partial charge in [-0.1, -0.05) is 18.0 Å². The molecule has 20 heavy (non-hydrogen) atoms. The van der Waals surface area contributed by atoms with Gasteiger partial charge in [-0.2, -0.15) is 0 Å². The zero-order chi connectivity index (χ0) is 14.3. The van der Waals surface area contributed by atoms with Crippen molar-refractivity contribution in [3.8, 4) is 0 Å². The van der Waals surface area contributed by atoms with Gasteiger partial charge < -0.3 is 10.0 Å². The lowest BCUT2D eigenvalue weighted by Crippen LogP contribution is -2.37. The van der Waals surface area contributed by atoms with Gasteiger partial charge in [0.15, 0.2) is 0 Å². The van der Waals surface area contributed by atoms with Gasteiger partial charge in [-0.25, -0.2) is 0 Å². The van der Waals surface area contributed by atoms with Crippen LogP contribution in [0, 0.1) is 17.8 Å². The second-order valence-electron chi connectivity index (χ2n) is 5.58. The highest BCUT2D eigenvalue weighted by atomic mass is 35.5. The Balaban J connectivity index is 1.81. The molecule has 1 aromatic rings. The van der Waals surface area contributed by atoms with Gasteiger partial charge in [0.25, 0.3) is 0 Å². The monoisotopic (exact) mass is 293 g/mol. The van der Waals surface area contributed by atoms with Crippen molar-refractivity contribution in [1.29, 1.82) is 0 Å². The molecule has 2 aliphatic rings. The molecule has 0 heterocycles. The average molecular weight is 294 g/mol. The Bertz CT molecular complexity index is 533. The van der Waals surface area contributed by atoms with E-state index in [-0.39, 0.29) is 18.4 Å². The molecule has 4 nitrogen and oxygen atoms in total. The van der Waals surface area contributed by atoms with Crippen LogP contribution in [-0.4, -0.2) is 23.5 Å². The number of benzene rings is 1. The zero-order valence-electron chi connectivity index (χ0n) is 11.0. The first-order valence-corrected chi connectivity index (χ1v) is 7.24. The topological polar surface area (TPSA) is 57.6 Å². The second-order valence-corrected chi connectivity index (χ2v) is 6.02. The number of carboxylic acids is 1. The summed E-state index contributed by atoms with van der Waals surface area (Å²) in [5.41, 5.74) is 0.603. The van der Waals surface area contributed by atoms with E-state index in [9.17, 15) is 9.59 Å². The number of nitrogens with zero attached hydrogens (tertiary/aromatic N) is 1. The molecule has 0 radical (unpaired) electrons. The highest BCUT2D eigenvalue weighted by Gasteiger charge is 2.57. The van der Waals surface area contributed by atoms with E-state index in [4.69, 9.17) is 16.7 Å². The quantitative estimate of drug-likeness (QED) is 0.928. The number of hydrogen-bond acceptors (Lipinski definition) is 2. The number of amides is 1. The van der Waals surface area contributed by atoms with E-state index in [0.717, 1.165) is 12.8 Å². The minimum absolute atomic E-state index is 0.0266. The molecule has 2 atom stereocenters. The molecule has 2 saturated carbocycles. The molecule has 0 saturated heterocycles. The second kappa shape index (κ2) is 5.09. The predicted octanol–water partition coefficient (Wildman–Crippen LogP) is 2.80. The highest BCUT2D eigenvalue weighted by Crippen LogP contribution is 2.58. The van der Waals surface area contributed by atoms with Crippen LogP contribution in [0.15, 0.2) is 24.3 Å². The number of hydrogen-bond donors (Lipinski definition) is 1. The third kappa shape index (κ3) is 2.40. The molecular formula is C15H16ClNO3. The van der Waals surface area contributed by atoms with Crippen molar-refractivity contribution in [3.63, 3.8) is 0 Å². The zero-order valence-corrected chi connectivity index (χ0v) is 11.7. The van der Waals surface area contributed by atoms with Crippen LogP contribution in [0.4, 0.5) is 5.69 Å². The lowest BCUT2D eigenvalue weighted by Gasteiger charge is -2.22. The maximum Gasteiger partial charge on any atom is 0.323 e. The standard InChI is InChI=1S/C15H16ClNO3/c16-9-4-6-10(7-5-9)17(8-13(18)19)15(20)14-11-2-1-3-12(11)14/h4-7,11-12,14H,1-3,8H2,(H,18,19). The first-order chi connectivity index (χ1) is 9.58. The van der Waals surface area contributed by atoms with Crippen molar-refractivity contribution in [2.75, 3.05) is 11.4 Å². The number of anilines is 1. The van der Waals surface area contributed by atoms with Crippen molar-refractivity contribution in [2.24, 2.45) is 17.8 Å². The summed E-state index contributed by atoms with van der Waals surface area (Å²) in [7, 11) is 0. The van der Waals surface area contributed by atoms with E-state index in [1.807, 2.05) is 0 Å². The van der Waals surface area contributed by atoms with Crippen molar-refractivity contribution >= 4 is 29.2 Å². The maximum atomic E-state index is 12.6. The molecule has 0 aliphatic heterocycles. The van der Waals surface area contributed by atoms with E-state index >= 15 is 0 Å². The van der Waals surface area contributed by atoms with Crippen LogP contribution in [0.2, 0.25) is 5.02 Å². The molecule has 0 aromatic heterocycles. The normalized spacial score (nSPS) is 26.9. The molecule has 1 N–H and O–H groups in total. The Morgan fingerprint density at radius 2 is 1.80 bits per heavy atom. The molecule has 0 spiro atoms. The first-order valence-electron chi connectivity index (χ1n) is 6.86. The van der Waals surface area contributed by atoms with Crippen LogP contribution >= 0.6 is 11.6 Å². The molecule has 2 aliphatic carbocycles. The van der Waals surface area contributed by atoms with Gasteiger partial charge in [0.05, 0.1) is 0 Å². The Kier molecular flexibility index (Phi) is 3.42. The van der Waals surface area contributed by atoms with E-state index in [1.54, 1.807) is 24.3 Å². The largest absolute Gasteiger partial charge is 0.480 e. The van der Waals surface area contributed by atoms with Gasteiger partial charge in [0.2, 0.25) is 5.91 Å². The molecule has 0 bridgehead atoms. The number of carbonyl (C=O) groups is 2. The van der Waals surface area contributed by atoms with E-state index in [2.05, 4.69) is 0 Å². The van der Waals surface area contributed by atoms with Crippen LogP contribution in [0.25, 0.3) is 0 Å². The molecule has 5 heteroatoms. The molecule has 1 amide bonds. The van der Waals surface area contributed by atoms with E-state index in [1.165, 1.54) is 11.3 Å². The van der Waals surface area contributed by atoms with Gasteiger partial charge in [-0.15, -0.1) is 0 Å². The third-order valence-corrected chi connectivity index (χ3v) is 4.64. The number of fused-ring (bicyclic) bond motifs is 1. The number of aliphatic carboxylic acids is 1. The molecule has 1 aromatic carbocycles. The maximum absolute atomic E-state index is 12.6. The van der Waals surface area contributed by atoms with E-state index < -0.39 is 5.97 Å². The fourth-order valence-electron chi connectivity index (χ4n) is 3.42. The van der Waals surface area contributed by atoms with Gasteiger partial charge in [-0.05, 0) is 48.9 Å². The van der Waals surface area contributed by atoms with Crippen molar-refractivity contribution < 1.29 is 14.7 Å². The number of carbonyl (C=O) groups excluding carboxylic acids is 1. The summed E-state index contributed by atoms with van der Waals surface area (Å²) in [5.74, 6) is -0.0699. The lowest BCUT2D eigenvalue weighted by atomic mass is 10.1. The van der Waals surface area contributed by atoms with Crippen LogP contribution in [0.3, 0.4) is 0 Å². The van der Waals surface area contributed by atoms with Crippen LogP contribution in [-0.2, 0) is 9.59 Å². The van der Waals surface area contributed by atoms with Crippen molar-refractivity contribution in [2.45, 2.75) is 19.3 Å². The fourth-order valence-corrected chi connectivity index (χ4v) is 3.55. The highest BCUT2D eigenvalue weighted by molar-refractivity contribution is 6.30. The van der Waals surface area contributed by atoms with Crippen molar-refractivity contribution in [1.82, 2.24) is 0 Å². The van der Waals surface area contributed by atoms with Crippen LogP contribution in [0.1, 0.15) is 19.3 Å². The summed E-state index contributed by atoms with van der Waals surface area (Å²) >= 11 is 5.83. The van der Waals surface area contributed by atoms with E-state index in [0.29, 0.717) is 22.5 Å². The molecule has 2 fully saturated rings. The van der Waals surface area contributed by atoms with Gasteiger partial charge in [0, 0.05) is 16.6 Å². The first kappa shape index (κ1) is 13.4. The summed E-state index contributed by atoms with van der Waals surface area (Å²) in [5, 5.41) is 9.60. The Hall–Kier alpha value is -1.55. The Morgan fingerprint density at radius 1 is 1.20 bits per heavy atom. The lowest BCUT2D eigenvalue weighted by molar-refractivity contribution is -0.136. The minimum Gasteiger partial charge on any atom is -0.480 e. The van der Waals surface area contributed by atoms with Gasteiger partial charge >= 0.3 is 5.97 Å². The Morgan fingerprint density at radius 3 is 2.35 bits per heavy atom. The van der Waals surface area contributed by atoms with Crippen LogP contribution in [0.5, 0.6) is 0 Å². The fraction of sp³-hybridized carbons (Fsp3) is 0.467. The summed E-state index contributed by atoms with van der Waals surface area (Å²) in [6.45, 7) is -0.295. The summed E-state index contributed by atoms with van der Waals surface area (Å²) in [6, 6.07) is 6.74. The number of carboxylic acid groups (broad SMARTS) is 1. The molecule has 3 rings (SSSR count). The smallest absolute Gasteiger partial charge is 0.323 e.